The van der Waals surface area contributed by atoms with E-state index in [1.165, 1.54) is 7.11 Å². The zero-order chi connectivity index (χ0) is 20.1. The predicted molar refractivity (Wildman–Crippen MR) is 106 cm³/mol. The minimum Gasteiger partial charge on any atom is -0.496 e. The number of hydrogen-bond acceptors (Lipinski definition) is 8. The highest BCUT2D eigenvalue weighted by Crippen LogP contribution is 2.28. The van der Waals surface area contributed by atoms with Crippen molar-refractivity contribution in [2.75, 3.05) is 44.5 Å². The molecule has 1 atom stereocenters. The Kier molecular flexibility index (Phi) is 6.25. The summed E-state index contributed by atoms with van der Waals surface area (Å²) in [6, 6.07) is 3.30. The maximum Gasteiger partial charge on any atom is 0.249 e. The highest BCUT2D eigenvalue weighted by molar-refractivity contribution is 5.95. The molecule has 2 heterocycles. The van der Waals surface area contributed by atoms with E-state index in [2.05, 4.69) is 15.3 Å². The predicted octanol–water partition coefficient (Wildman–Crippen LogP) is 1.15. The second kappa shape index (κ2) is 8.83. The van der Waals surface area contributed by atoms with Gasteiger partial charge in [0.05, 0.1) is 18.2 Å². The molecule has 9 heteroatoms. The van der Waals surface area contributed by atoms with Crippen molar-refractivity contribution in [3.63, 3.8) is 0 Å². The van der Waals surface area contributed by atoms with Crippen molar-refractivity contribution in [1.82, 2.24) is 15.3 Å². The number of anilines is 2. The third-order valence-corrected chi connectivity index (χ3v) is 4.72. The zero-order valence-electron chi connectivity index (χ0n) is 16.1. The number of aromatic nitrogens is 2. The van der Waals surface area contributed by atoms with Crippen molar-refractivity contribution in [3.8, 4) is 5.75 Å². The Balaban J connectivity index is 1.63. The van der Waals surface area contributed by atoms with Gasteiger partial charge in [0.25, 0.3) is 0 Å². The van der Waals surface area contributed by atoms with Gasteiger partial charge in [0.2, 0.25) is 11.9 Å². The summed E-state index contributed by atoms with van der Waals surface area (Å²) < 4.78 is 10.6. The molecule has 0 bridgehead atoms. The summed E-state index contributed by atoms with van der Waals surface area (Å²) >= 11 is 0. The molecule has 1 amide bonds. The molecule has 1 aromatic carbocycles. The van der Waals surface area contributed by atoms with Crippen molar-refractivity contribution in [2.45, 2.75) is 25.4 Å². The number of amides is 1. The molecule has 1 aromatic heterocycles. The van der Waals surface area contributed by atoms with Gasteiger partial charge >= 0.3 is 0 Å². The first-order valence-corrected chi connectivity index (χ1v) is 9.24. The minimum atomic E-state index is -0.312. The highest BCUT2D eigenvalue weighted by atomic mass is 16.5. The average molecular weight is 387 g/mol. The van der Waals surface area contributed by atoms with Crippen LogP contribution in [0.2, 0.25) is 0 Å². The maximum atomic E-state index is 11.9. The van der Waals surface area contributed by atoms with E-state index in [1.807, 2.05) is 11.9 Å². The lowest BCUT2D eigenvalue weighted by atomic mass is 10.1. The first kappa shape index (κ1) is 19.8. The number of aldehydes is 1. The van der Waals surface area contributed by atoms with Crippen LogP contribution in [0.15, 0.2) is 12.1 Å². The molecule has 0 aliphatic carbocycles. The van der Waals surface area contributed by atoms with Crippen LogP contribution < -0.4 is 20.7 Å². The van der Waals surface area contributed by atoms with E-state index in [1.54, 1.807) is 12.1 Å². The summed E-state index contributed by atoms with van der Waals surface area (Å²) in [5.74, 6) is 1.15. The van der Waals surface area contributed by atoms with Crippen LogP contribution in [-0.2, 0) is 9.53 Å². The van der Waals surface area contributed by atoms with Crippen LogP contribution in [-0.4, -0.2) is 62.1 Å². The third-order valence-electron chi connectivity index (χ3n) is 4.72. The van der Waals surface area contributed by atoms with Crippen molar-refractivity contribution in [3.05, 3.63) is 17.7 Å². The average Bonchev–Trinajstić information content (AvgIpc) is 3.24. The molecule has 28 heavy (non-hydrogen) atoms. The smallest absolute Gasteiger partial charge is 0.249 e. The first-order valence-electron chi connectivity index (χ1n) is 9.24. The first-order chi connectivity index (χ1) is 13.5. The number of carbonyl (C=O) groups excluding carboxylic acids is 2. The molecule has 1 aliphatic heterocycles. The quantitative estimate of drug-likeness (QED) is 0.511. The number of nitrogens with one attached hydrogen (secondary N) is 1. The lowest BCUT2D eigenvalue weighted by Crippen LogP contribution is -2.36. The standard InChI is InChI=1S/C19H25N5O4/c1-24(7-4-6-21-18(26)15-5-3-8-28-15)19-22-14-10-16(27-2)12(11-25)9-13(14)17(20)23-19/h9-11,15H,3-8H2,1-2H3,(H,21,26)(H2,20,22,23). The molecule has 1 saturated heterocycles. The van der Waals surface area contributed by atoms with Crippen LogP contribution in [0, 0.1) is 0 Å². The van der Waals surface area contributed by atoms with Gasteiger partial charge < -0.3 is 25.4 Å². The molecule has 9 nitrogen and oxygen atoms in total. The zero-order valence-corrected chi connectivity index (χ0v) is 16.1. The van der Waals surface area contributed by atoms with Gasteiger partial charge in [0.1, 0.15) is 17.7 Å². The number of ether oxygens (including phenoxy) is 2. The number of nitrogens with zero attached hydrogens (tertiary/aromatic N) is 3. The second-order valence-electron chi connectivity index (χ2n) is 6.71. The lowest BCUT2D eigenvalue weighted by Gasteiger charge is -2.19. The molecule has 0 radical (unpaired) electrons. The largest absolute Gasteiger partial charge is 0.496 e. The van der Waals surface area contributed by atoms with E-state index in [0.29, 0.717) is 60.0 Å². The van der Waals surface area contributed by atoms with Gasteiger partial charge in [-0.1, -0.05) is 0 Å². The summed E-state index contributed by atoms with van der Waals surface area (Å²) in [5.41, 5.74) is 7.07. The Morgan fingerprint density at radius 1 is 1.46 bits per heavy atom. The Morgan fingerprint density at radius 3 is 2.96 bits per heavy atom. The van der Waals surface area contributed by atoms with Crippen molar-refractivity contribution in [1.29, 1.82) is 0 Å². The highest BCUT2D eigenvalue weighted by Gasteiger charge is 2.22. The summed E-state index contributed by atoms with van der Waals surface area (Å²) in [4.78, 5) is 33.9. The van der Waals surface area contributed by atoms with Crippen LogP contribution in [0.1, 0.15) is 29.6 Å². The number of fused-ring (bicyclic) bond motifs is 1. The third kappa shape index (κ3) is 4.30. The van der Waals surface area contributed by atoms with E-state index in [0.717, 1.165) is 19.3 Å². The normalized spacial score (nSPS) is 16.1. The molecule has 3 rings (SSSR count). The summed E-state index contributed by atoms with van der Waals surface area (Å²) in [6.45, 7) is 1.84. The molecule has 0 saturated carbocycles. The van der Waals surface area contributed by atoms with Gasteiger partial charge in [0, 0.05) is 38.2 Å². The number of carbonyl (C=O) groups is 2. The molecule has 1 unspecified atom stereocenters. The summed E-state index contributed by atoms with van der Waals surface area (Å²) in [7, 11) is 3.36. The molecular weight excluding hydrogens is 362 g/mol. The van der Waals surface area contributed by atoms with Gasteiger partial charge in [0.15, 0.2) is 6.29 Å². The molecule has 150 valence electrons. The fourth-order valence-corrected chi connectivity index (χ4v) is 3.15. The van der Waals surface area contributed by atoms with Crippen LogP contribution in [0.3, 0.4) is 0 Å². The molecule has 2 aromatic rings. The fraction of sp³-hybridized carbons (Fsp3) is 0.474. The Morgan fingerprint density at radius 2 is 2.29 bits per heavy atom. The van der Waals surface area contributed by atoms with Crippen molar-refractivity contribution in [2.24, 2.45) is 0 Å². The van der Waals surface area contributed by atoms with E-state index in [4.69, 9.17) is 15.2 Å². The monoisotopic (exact) mass is 387 g/mol. The van der Waals surface area contributed by atoms with Crippen molar-refractivity contribution < 1.29 is 19.1 Å². The number of rotatable bonds is 8. The number of benzene rings is 1. The van der Waals surface area contributed by atoms with Gasteiger partial charge in [-0.3, -0.25) is 9.59 Å². The van der Waals surface area contributed by atoms with Crippen molar-refractivity contribution >= 4 is 34.9 Å². The van der Waals surface area contributed by atoms with Crippen LogP contribution in [0.5, 0.6) is 5.75 Å². The van der Waals surface area contributed by atoms with Gasteiger partial charge in [-0.05, 0) is 25.3 Å². The fourth-order valence-electron chi connectivity index (χ4n) is 3.15. The summed E-state index contributed by atoms with van der Waals surface area (Å²) in [6.07, 6.45) is 2.84. The maximum absolute atomic E-state index is 11.9. The van der Waals surface area contributed by atoms with E-state index in [9.17, 15) is 9.59 Å². The van der Waals surface area contributed by atoms with Gasteiger partial charge in [-0.15, -0.1) is 0 Å². The lowest BCUT2D eigenvalue weighted by molar-refractivity contribution is -0.130. The SMILES string of the molecule is COc1cc2nc(N(C)CCCNC(=O)C3CCCO3)nc(N)c2cc1C=O. The van der Waals surface area contributed by atoms with E-state index < -0.39 is 0 Å². The van der Waals surface area contributed by atoms with Gasteiger partial charge in [-0.25, -0.2) is 4.98 Å². The molecule has 1 aliphatic rings. The number of nitrogen functional groups attached to an aromatic ring is 1. The topological polar surface area (TPSA) is 120 Å². The molecule has 1 fully saturated rings. The second-order valence-corrected chi connectivity index (χ2v) is 6.71. The number of nitrogens with two attached hydrogens (primary N) is 1. The minimum absolute atomic E-state index is 0.0515. The Labute approximate surface area is 163 Å². The van der Waals surface area contributed by atoms with Crippen LogP contribution in [0.25, 0.3) is 10.9 Å². The number of hydrogen-bond donors (Lipinski definition) is 2. The van der Waals surface area contributed by atoms with Crippen LogP contribution in [0.4, 0.5) is 11.8 Å². The van der Waals surface area contributed by atoms with Gasteiger partial charge in [-0.2, -0.15) is 4.98 Å². The Bertz CT molecular complexity index is 867. The Hall–Kier alpha value is -2.94. The van der Waals surface area contributed by atoms with E-state index in [-0.39, 0.29) is 12.0 Å². The van der Waals surface area contributed by atoms with E-state index >= 15 is 0 Å². The number of methoxy groups -OCH3 is 1. The van der Waals surface area contributed by atoms with Crippen LogP contribution >= 0.6 is 0 Å². The summed E-state index contributed by atoms with van der Waals surface area (Å²) in [5, 5.41) is 3.50. The molecule has 3 N–H and O–H groups in total. The molecular formula is C19H25N5O4. The molecule has 0 spiro atoms.